The Morgan fingerprint density at radius 1 is 1.25 bits per heavy atom. The van der Waals surface area contributed by atoms with Gasteiger partial charge in [0.1, 0.15) is 0 Å². The minimum absolute atomic E-state index is 0.333. The summed E-state index contributed by atoms with van der Waals surface area (Å²) in [6.07, 6.45) is 7.24. The van der Waals surface area contributed by atoms with E-state index in [0.29, 0.717) is 6.10 Å². The molecule has 2 saturated heterocycles. The lowest BCUT2D eigenvalue weighted by Crippen LogP contribution is -2.35. The number of rotatable bonds is 4. The minimum Gasteiger partial charge on any atom is -0.376 e. The summed E-state index contributed by atoms with van der Waals surface area (Å²) in [6.45, 7) is 6.32. The van der Waals surface area contributed by atoms with Gasteiger partial charge in [-0.1, -0.05) is 18.7 Å². The van der Waals surface area contributed by atoms with E-state index in [1.807, 2.05) is 0 Å². The lowest BCUT2D eigenvalue weighted by atomic mass is 10.00. The molecule has 0 bridgehead atoms. The van der Waals surface area contributed by atoms with Gasteiger partial charge < -0.3 is 9.64 Å². The van der Waals surface area contributed by atoms with E-state index in [2.05, 4.69) is 32.8 Å². The fourth-order valence-corrected chi connectivity index (χ4v) is 3.53. The number of anilines is 1. The molecule has 2 aliphatic rings. The van der Waals surface area contributed by atoms with Crippen LogP contribution >= 0.6 is 11.8 Å². The molecule has 2 fully saturated rings. The maximum absolute atomic E-state index is 5.78. The fraction of sp³-hybridized carbons (Fsp3) is 0.857. The highest BCUT2D eigenvalue weighted by Gasteiger charge is 2.25. The van der Waals surface area contributed by atoms with Crippen molar-refractivity contribution in [1.29, 1.82) is 0 Å². The van der Waals surface area contributed by atoms with Crippen LogP contribution in [0.25, 0.3) is 0 Å². The van der Waals surface area contributed by atoms with Crippen LogP contribution in [-0.4, -0.2) is 46.8 Å². The molecule has 112 valence electrons. The van der Waals surface area contributed by atoms with E-state index in [4.69, 9.17) is 4.74 Å². The minimum atomic E-state index is 0.333. The maximum atomic E-state index is 5.78. The molecular weight excluding hydrogens is 272 g/mol. The van der Waals surface area contributed by atoms with Crippen molar-refractivity contribution in [3.05, 3.63) is 0 Å². The van der Waals surface area contributed by atoms with Gasteiger partial charge in [0.25, 0.3) is 0 Å². The van der Waals surface area contributed by atoms with Gasteiger partial charge in [-0.15, -0.1) is 10.2 Å². The molecule has 3 heterocycles. The number of aromatic nitrogens is 3. The Hall–Kier alpha value is -0.750. The summed E-state index contributed by atoms with van der Waals surface area (Å²) in [5, 5.41) is 9.80. The van der Waals surface area contributed by atoms with Gasteiger partial charge in [0.05, 0.1) is 12.6 Å². The molecular formula is C14H24N4OS. The largest absolute Gasteiger partial charge is 0.376 e. The highest BCUT2D eigenvalue weighted by atomic mass is 32.2. The summed E-state index contributed by atoms with van der Waals surface area (Å²) in [6, 6.07) is 0. The molecule has 2 aliphatic heterocycles. The first kappa shape index (κ1) is 14.2. The van der Waals surface area contributed by atoms with E-state index in [-0.39, 0.29) is 0 Å². The van der Waals surface area contributed by atoms with Crippen molar-refractivity contribution in [1.82, 2.24) is 14.8 Å². The summed E-state index contributed by atoms with van der Waals surface area (Å²) in [5.74, 6) is 1.87. The average molecular weight is 296 g/mol. The Bertz CT molecular complexity index is 436. The van der Waals surface area contributed by atoms with Gasteiger partial charge in [0, 0.05) is 19.7 Å². The summed E-state index contributed by atoms with van der Waals surface area (Å²) in [4.78, 5) is 2.39. The number of hydrogen-bond acceptors (Lipinski definition) is 5. The van der Waals surface area contributed by atoms with E-state index >= 15 is 0 Å². The monoisotopic (exact) mass is 296 g/mol. The standard InChI is InChI=1S/C14H24N4OS/c1-11-5-7-17(8-6-11)13-15-16-14(20-2)18(13)10-12-4-3-9-19-12/h11-12H,3-10H2,1-2H3/t12-/m1/s1. The predicted octanol–water partition coefficient (Wildman–Crippen LogP) is 2.42. The van der Waals surface area contributed by atoms with Gasteiger partial charge in [-0.05, 0) is 37.9 Å². The smallest absolute Gasteiger partial charge is 0.228 e. The predicted molar refractivity (Wildman–Crippen MR) is 81.4 cm³/mol. The van der Waals surface area contributed by atoms with Crippen LogP contribution in [0.2, 0.25) is 0 Å². The van der Waals surface area contributed by atoms with Crippen LogP contribution in [0.15, 0.2) is 5.16 Å². The normalized spacial score (nSPS) is 24.5. The van der Waals surface area contributed by atoms with Gasteiger partial charge >= 0.3 is 0 Å². The Morgan fingerprint density at radius 2 is 2.05 bits per heavy atom. The van der Waals surface area contributed by atoms with Gasteiger partial charge in [-0.2, -0.15) is 0 Å². The lowest BCUT2D eigenvalue weighted by Gasteiger charge is -2.31. The molecule has 0 radical (unpaired) electrons. The van der Waals surface area contributed by atoms with Gasteiger partial charge in [-0.25, -0.2) is 0 Å². The second kappa shape index (κ2) is 6.35. The van der Waals surface area contributed by atoms with E-state index in [1.165, 1.54) is 19.3 Å². The molecule has 0 N–H and O–H groups in total. The van der Waals surface area contributed by atoms with Crippen LogP contribution in [0.3, 0.4) is 0 Å². The summed E-state index contributed by atoms with van der Waals surface area (Å²) < 4.78 is 8.04. The van der Waals surface area contributed by atoms with Gasteiger partial charge in [0.15, 0.2) is 5.16 Å². The van der Waals surface area contributed by atoms with Crippen LogP contribution in [0.1, 0.15) is 32.6 Å². The van der Waals surface area contributed by atoms with Crippen molar-refractivity contribution < 1.29 is 4.74 Å². The third kappa shape index (κ3) is 2.96. The molecule has 20 heavy (non-hydrogen) atoms. The maximum Gasteiger partial charge on any atom is 0.228 e. The molecule has 1 atom stereocenters. The van der Waals surface area contributed by atoms with E-state index in [0.717, 1.165) is 49.7 Å². The average Bonchev–Trinajstić information content (AvgIpc) is 3.10. The lowest BCUT2D eigenvalue weighted by molar-refractivity contribution is 0.0951. The molecule has 5 nitrogen and oxygen atoms in total. The number of hydrogen-bond donors (Lipinski definition) is 0. The van der Waals surface area contributed by atoms with E-state index in [9.17, 15) is 0 Å². The Balaban J connectivity index is 1.77. The van der Waals surface area contributed by atoms with Gasteiger partial charge in [0.2, 0.25) is 5.95 Å². The molecule has 0 unspecified atom stereocenters. The summed E-state index contributed by atoms with van der Waals surface area (Å²) >= 11 is 1.67. The molecule has 1 aromatic heterocycles. The van der Waals surface area contributed by atoms with Crippen LogP contribution in [0, 0.1) is 5.92 Å². The van der Waals surface area contributed by atoms with Crippen LogP contribution < -0.4 is 4.90 Å². The van der Waals surface area contributed by atoms with Crippen LogP contribution in [-0.2, 0) is 11.3 Å². The molecule has 0 aliphatic carbocycles. The van der Waals surface area contributed by atoms with E-state index in [1.54, 1.807) is 11.8 Å². The number of thioether (sulfide) groups is 1. The molecule has 6 heteroatoms. The second-order valence-corrected chi connectivity index (χ2v) is 6.68. The second-order valence-electron chi connectivity index (χ2n) is 5.90. The Kier molecular flexibility index (Phi) is 4.51. The summed E-state index contributed by atoms with van der Waals surface area (Å²) in [7, 11) is 0. The number of nitrogens with zero attached hydrogens (tertiary/aromatic N) is 4. The zero-order chi connectivity index (χ0) is 13.9. The molecule has 0 spiro atoms. The number of ether oxygens (including phenoxy) is 1. The van der Waals surface area contributed by atoms with Crippen molar-refractivity contribution in [3.63, 3.8) is 0 Å². The third-order valence-electron chi connectivity index (χ3n) is 4.36. The van der Waals surface area contributed by atoms with Crippen molar-refractivity contribution in [2.45, 2.75) is 50.4 Å². The van der Waals surface area contributed by atoms with Gasteiger partial charge in [-0.3, -0.25) is 4.57 Å². The van der Waals surface area contributed by atoms with Crippen molar-refractivity contribution in [2.24, 2.45) is 5.92 Å². The summed E-state index contributed by atoms with van der Waals surface area (Å²) in [5.41, 5.74) is 0. The molecule has 0 amide bonds. The molecule has 1 aromatic rings. The fourth-order valence-electron chi connectivity index (χ4n) is 3.03. The van der Waals surface area contributed by atoms with Crippen LogP contribution in [0.4, 0.5) is 5.95 Å². The van der Waals surface area contributed by atoms with E-state index < -0.39 is 0 Å². The first-order valence-electron chi connectivity index (χ1n) is 7.61. The zero-order valence-electron chi connectivity index (χ0n) is 12.4. The highest BCUT2D eigenvalue weighted by molar-refractivity contribution is 7.98. The highest BCUT2D eigenvalue weighted by Crippen LogP contribution is 2.26. The van der Waals surface area contributed by atoms with Crippen LogP contribution in [0.5, 0.6) is 0 Å². The molecule has 0 saturated carbocycles. The third-order valence-corrected chi connectivity index (χ3v) is 5.02. The first-order chi connectivity index (χ1) is 9.78. The zero-order valence-corrected chi connectivity index (χ0v) is 13.2. The Labute approximate surface area is 125 Å². The van der Waals surface area contributed by atoms with Crippen molar-refractivity contribution in [3.8, 4) is 0 Å². The van der Waals surface area contributed by atoms with Crippen molar-refractivity contribution >= 4 is 17.7 Å². The SMILES string of the molecule is CSc1nnc(N2CCC(C)CC2)n1C[C@H]1CCCO1. The topological polar surface area (TPSA) is 43.2 Å². The Morgan fingerprint density at radius 3 is 2.70 bits per heavy atom. The van der Waals surface area contributed by atoms with Crippen molar-refractivity contribution in [2.75, 3.05) is 30.9 Å². The molecule has 0 aromatic carbocycles. The quantitative estimate of drug-likeness (QED) is 0.798. The molecule has 3 rings (SSSR count). The first-order valence-corrected chi connectivity index (χ1v) is 8.84. The number of piperidine rings is 1.